The van der Waals surface area contributed by atoms with Gasteiger partial charge < -0.3 is 0 Å². The Bertz CT molecular complexity index is 256. The van der Waals surface area contributed by atoms with Crippen molar-refractivity contribution < 1.29 is 9.59 Å². The van der Waals surface area contributed by atoms with E-state index < -0.39 is 0 Å². The first-order chi connectivity index (χ1) is 6.82. The molecule has 0 spiro atoms. The summed E-state index contributed by atoms with van der Waals surface area (Å²) in [4.78, 5) is 23.6. The maximum atomic E-state index is 11.8. The van der Waals surface area contributed by atoms with Gasteiger partial charge in [-0.25, -0.2) is 0 Å². The molecule has 1 aliphatic rings. The van der Waals surface area contributed by atoms with Crippen molar-refractivity contribution in [3.8, 4) is 0 Å². The third-order valence-corrected chi connectivity index (χ3v) is 3.15. The first kappa shape index (κ1) is 12.4. The lowest BCUT2D eigenvalue weighted by molar-refractivity contribution is -0.137. The largest absolute Gasteiger partial charge is 0.299 e. The van der Waals surface area contributed by atoms with Crippen molar-refractivity contribution in [2.75, 3.05) is 0 Å². The van der Waals surface area contributed by atoms with Gasteiger partial charge in [-0.2, -0.15) is 0 Å². The number of carbonyl (C=O) groups is 2. The average Bonchev–Trinajstić information content (AvgIpc) is 1.99. The van der Waals surface area contributed by atoms with Crippen molar-refractivity contribution in [1.82, 2.24) is 0 Å². The van der Waals surface area contributed by atoms with Crippen LogP contribution >= 0.6 is 0 Å². The van der Waals surface area contributed by atoms with E-state index in [4.69, 9.17) is 0 Å². The molecule has 1 aliphatic carbocycles. The second kappa shape index (κ2) is 4.46. The van der Waals surface area contributed by atoms with Crippen LogP contribution in [0.15, 0.2) is 0 Å². The van der Waals surface area contributed by atoms with Crippen LogP contribution in [0.2, 0.25) is 0 Å². The van der Waals surface area contributed by atoms with Crippen molar-refractivity contribution in [1.29, 1.82) is 0 Å². The number of hydrogen-bond acceptors (Lipinski definition) is 2. The molecule has 1 unspecified atom stereocenters. The van der Waals surface area contributed by atoms with Crippen molar-refractivity contribution in [2.45, 2.75) is 53.4 Å². The summed E-state index contributed by atoms with van der Waals surface area (Å²) < 4.78 is 0. The van der Waals surface area contributed by atoms with Crippen LogP contribution in [0.25, 0.3) is 0 Å². The highest BCUT2D eigenvalue weighted by Crippen LogP contribution is 2.36. The SMILES string of the molecule is CC(C)CC(=O)C1CCC(C)(C)CC1=O. The Kier molecular flexibility index (Phi) is 3.69. The summed E-state index contributed by atoms with van der Waals surface area (Å²) >= 11 is 0. The lowest BCUT2D eigenvalue weighted by atomic mass is 9.70. The fourth-order valence-electron chi connectivity index (χ4n) is 2.26. The highest BCUT2D eigenvalue weighted by atomic mass is 16.1. The van der Waals surface area contributed by atoms with Crippen LogP contribution in [0.3, 0.4) is 0 Å². The van der Waals surface area contributed by atoms with Crippen LogP contribution in [-0.4, -0.2) is 11.6 Å². The van der Waals surface area contributed by atoms with E-state index in [1.54, 1.807) is 0 Å². The second-order valence-corrected chi connectivity index (χ2v) is 5.96. The van der Waals surface area contributed by atoms with Crippen molar-refractivity contribution in [3.05, 3.63) is 0 Å². The minimum Gasteiger partial charge on any atom is -0.299 e. The molecular formula is C13H22O2. The molecule has 1 rings (SSSR count). The lowest BCUT2D eigenvalue weighted by Gasteiger charge is -2.32. The van der Waals surface area contributed by atoms with Gasteiger partial charge >= 0.3 is 0 Å². The molecule has 0 amide bonds. The van der Waals surface area contributed by atoms with E-state index in [1.165, 1.54) is 0 Å². The number of Topliss-reactive ketones (excluding diaryl/α,β-unsaturated/α-hetero) is 2. The number of ketones is 2. The van der Waals surface area contributed by atoms with Crippen LogP contribution in [0.5, 0.6) is 0 Å². The fraction of sp³-hybridized carbons (Fsp3) is 0.846. The maximum Gasteiger partial charge on any atom is 0.143 e. The van der Waals surface area contributed by atoms with E-state index in [0.717, 1.165) is 12.8 Å². The third-order valence-electron chi connectivity index (χ3n) is 3.15. The molecule has 2 heteroatoms. The summed E-state index contributed by atoms with van der Waals surface area (Å²) in [6.07, 6.45) is 2.88. The van der Waals surface area contributed by atoms with Gasteiger partial charge in [0.15, 0.2) is 0 Å². The van der Waals surface area contributed by atoms with Crippen LogP contribution in [0.4, 0.5) is 0 Å². The van der Waals surface area contributed by atoms with Crippen LogP contribution < -0.4 is 0 Å². The highest BCUT2D eigenvalue weighted by Gasteiger charge is 2.36. The lowest BCUT2D eigenvalue weighted by Crippen LogP contribution is -2.35. The Hall–Kier alpha value is -0.660. The Labute approximate surface area is 92.4 Å². The van der Waals surface area contributed by atoms with Crippen LogP contribution in [-0.2, 0) is 9.59 Å². The molecule has 86 valence electrons. The van der Waals surface area contributed by atoms with Gasteiger partial charge in [-0.05, 0) is 24.2 Å². The Morgan fingerprint density at radius 1 is 1.47 bits per heavy atom. The normalized spacial score (nSPS) is 25.7. The van der Waals surface area contributed by atoms with Gasteiger partial charge in [-0.3, -0.25) is 9.59 Å². The van der Waals surface area contributed by atoms with Gasteiger partial charge in [-0.15, -0.1) is 0 Å². The number of hydrogen-bond donors (Lipinski definition) is 0. The van der Waals surface area contributed by atoms with Crippen molar-refractivity contribution >= 4 is 11.6 Å². The molecule has 0 heterocycles. The minimum absolute atomic E-state index is 0.103. The molecule has 1 saturated carbocycles. The topological polar surface area (TPSA) is 34.1 Å². The van der Waals surface area contributed by atoms with Crippen LogP contribution in [0.1, 0.15) is 53.4 Å². The molecule has 0 aromatic heterocycles. The molecule has 0 radical (unpaired) electrons. The zero-order chi connectivity index (χ0) is 11.6. The Balaban J connectivity index is 2.59. The molecule has 15 heavy (non-hydrogen) atoms. The molecule has 1 atom stereocenters. The Morgan fingerprint density at radius 3 is 2.53 bits per heavy atom. The second-order valence-electron chi connectivity index (χ2n) is 5.96. The van der Waals surface area contributed by atoms with E-state index in [9.17, 15) is 9.59 Å². The molecule has 0 aliphatic heterocycles. The zero-order valence-corrected chi connectivity index (χ0v) is 10.3. The predicted molar refractivity (Wildman–Crippen MR) is 60.6 cm³/mol. The van der Waals surface area contributed by atoms with E-state index in [2.05, 4.69) is 13.8 Å². The fourth-order valence-corrected chi connectivity index (χ4v) is 2.26. The molecule has 0 saturated heterocycles. The first-order valence-corrected chi connectivity index (χ1v) is 5.87. The quantitative estimate of drug-likeness (QED) is 0.671. The summed E-state index contributed by atoms with van der Waals surface area (Å²) in [5, 5.41) is 0. The van der Waals surface area contributed by atoms with Gasteiger partial charge in [0.25, 0.3) is 0 Å². The number of carbonyl (C=O) groups excluding carboxylic acids is 2. The maximum absolute atomic E-state index is 11.8. The molecule has 0 aromatic carbocycles. The predicted octanol–water partition coefficient (Wildman–Crippen LogP) is 3.00. The monoisotopic (exact) mass is 210 g/mol. The van der Waals surface area contributed by atoms with Gasteiger partial charge in [0.1, 0.15) is 11.6 Å². The molecule has 0 N–H and O–H groups in total. The van der Waals surface area contributed by atoms with Gasteiger partial charge in [0.2, 0.25) is 0 Å². The molecule has 0 aromatic rings. The number of rotatable bonds is 3. The Morgan fingerprint density at radius 2 is 2.07 bits per heavy atom. The summed E-state index contributed by atoms with van der Waals surface area (Å²) in [7, 11) is 0. The van der Waals surface area contributed by atoms with Gasteiger partial charge in [0, 0.05) is 12.8 Å². The van der Waals surface area contributed by atoms with Gasteiger partial charge in [0.05, 0.1) is 5.92 Å². The smallest absolute Gasteiger partial charge is 0.143 e. The highest BCUT2D eigenvalue weighted by molar-refractivity contribution is 6.03. The van der Waals surface area contributed by atoms with Crippen LogP contribution in [0, 0.1) is 17.3 Å². The first-order valence-electron chi connectivity index (χ1n) is 5.87. The summed E-state index contributed by atoms with van der Waals surface area (Å²) in [6.45, 7) is 8.26. The van der Waals surface area contributed by atoms with Crippen molar-refractivity contribution in [3.63, 3.8) is 0 Å². The molecular weight excluding hydrogens is 188 g/mol. The molecule has 2 nitrogen and oxygen atoms in total. The van der Waals surface area contributed by atoms with E-state index in [-0.39, 0.29) is 22.9 Å². The zero-order valence-electron chi connectivity index (χ0n) is 10.3. The average molecular weight is 210 g/mol. The van der Waals surface area contributed by atoms with E-state index in [0.29, 0.717) is 18.8 Å². The summed E-state index contributed by atoms with van der Waals surface area (Å²) in [5.74, 6) is 0.392. The standard InChI is InChI=1S/C13H22O2/c1-9(2)7-11(14)10-5-6-13(3,4)8-12(10)15/h9-10H,5-8H2,1-4H3. The molecule has 0 bridgehead atoms. The summed E-state index contributed by atoms with van der Waals surface area (Å²) in [6, 6.07) is 0. The minimum atomic E-state index is -0.291. The van der Waals surface area contributed by atoms with E-state index >= 15 is 0 Å². The van der Waals surface area contributed by atoms with E-state index in [1.807, 2.05) is 13.8 Å². The third kappa shape index (κ3) is 3.44. The van der Waals surface area contributed by atoms with Crippen molar-refractivity contribution in [2.24, 2.45) is 17.3 Å². The summed E-state index contributed by atoms with van der Waals surface area (Å²) in [5.41, 5.74) is 0.103. The molecule has 1 fully saturated rings. The van der Waals surface area contributed by atoms with Gasteiger partial charge in [-0.1, -0.05) is 27.7 Å².